The molecule has 2 saturated heterocycles. The molecular formula is C17H23NO3. The standard InChI is InChI=1S/C17H23NO3/c1-2-21-17-6-4-3-5-15(17)16(20)11-18-12-7-8-13(18)10-14(19)9-12/h3-6,12-14,19H,2,7-11H2,1H3. The highest BCUT2D eigenvalue weighted by Gasteiger charge is 2.40. The molecule has 0 saturated carbocycles. The van der Waals surface area contributed by atoms with Crippen molar-refractivity contribution in [1.29, 1.82) is 0 Å². The fraction of sp³-hybridized carbons (Fsp3) is 0.588. The first-order valence-electron chi connectivity index (χ1n) is 7.88. The minimum atomic E-state index is -0.190. The van der Waals surface area contributed by atoms with E-state index >= 15 is 0 Å². The Hall–Kier alpha value is -1.39. The van der Waals surface area contributed by atoms with Gasteiger partial charge in [-0.1, -0.05) is 12.1 Å². The quantitative estimate of drug-likeness (QED) is 0.845. The third kappa shape index (κ3) is 2.97. The topological polar surface area (TPSA) is 49.8 Å². The van der Waals surface area contributed by atoms with Gasteiger partial charge in [-0.25, -0.2) is 0 Å². The van der Waals surface area contributed by atoms with Crippen molar-refractivity contribution in [3.8, 4) is 5.75 Å². The van der Waals surface area contributed by atoms with Crippen LogP contribution in [0.4, 0.5) is 0 Å². The molecule has 2 aliphatic heterocycles. The molecule has 0 amide bonds. The van der Waals surface area contributed by atoms with Gasteiger partial charge in [0.2, 0.25) is 0 Å². The second-order valence-corrected chi connectivity index (χ2v) is 6.03. The van der Waals surface area contributed by atoms with Crippen molar-refractivity contribution in [2.24, 2.45) is 0 Å². The fourth-order valence-corrected chi connectivity index (χ4v) is 3.73. The fourth-order valence-electron chi connectivity index (χ4n) is 3.73. The Morgan fingerprint density at radius 1 is 1.29 bits per heavy atom. The average Bonchev–Trinajstić information content (AvgIpc) is 2.71. The molecular weight excluding hydrogens is 266 g/mol. The number of benzene rings is 1. The number of aliphatic hydroxyl groups is 1. The summed E-state index contributed by atoms with van der Waals surface area (Å²) in [5, 5.41) is 9.84. The summed E-state index contributed by atoms with van der Waals surface area (Å²) in [6.07, 6.45) is 3.61. The summed E-state index contributed by atoms with van der Waals surface area (Å²) >= 11 is 0. The third-order valence-electron chi connectivity index (χ3n) is 4.67. The van der Waals surface area contributed by atoms with E-state index in [1.165, 1.54) is 0 Å². The van der Waals surface area contributed by atoms with Gasteiger partial charge in [-0.3, -0.25) is 9.69 Å². The van der Waals surface area contributed by atoms with Crippen LogP contribution in [0.3, 0.4) is 0 Å². The molecule has 2 aliphatic rings. The summed E-state index contributed by atoms with van der Waals surface area (Å²) in [5.74, 6) is 0.793. The van der Waals surface area contributed by atoms with E-state index < -0.39 is 0 Å². The van der Waals surface area contributed by atoms with Crippen LogP contribution < -0.4 is 4.74 Å². The molecule has 1 aromatic carbocycles. The highest BCUT2D eigenvalue weighted by molar-refractivity contribution is 6.00. The maximum atomic E-state index is 12.6. The first-order chi connectivity index (χ1) is 10.2. The first kappa shape index (κ1) is 14.5. The van der Waals surface area contributed by atoms with Crippen molar-refractivity contribution in [3.63, 3.8) is 0 Å². The average molecular weight is 289 g/mol. The Balaban J connectivity index is 1.72. The zero-order chi connectivity index (χ0) is 14.8. The van der Waals surface area contributed by atoms with Gasteiger partial charge in [-0.05, 0) is 44.7 Å². The van der Waals surface area contributed by atoms with Crippen LogP contribution in [0, 0.1) is 0 Å². The van der Waals surface area contributed by atoms with E-state index in [0.717, 1.165) is 25.7 Å². The molecule has 21 heavy (non-hydrogen) atoms. The number of carbonyl (C=O) groups excluding carboxylic acids is 1. The smallest absolute Gasteiger partial charge is 0.180 e. The molecule has 3 rings (SSSR count). The maximum Gasteiger partial charge on any atom is 0.180 e. The van der Waals surface area contributed by atoms with Crippen LogP contribution in [0.15, 0.2) is 24.3 Å². The Kier molecular flexibility index (Phi) is 4.27. The van der Waals surface area contributed by atoms with E-state index in [2.05, 4.69) is 4.90 Å². The van der Waals surface area contributed by atoms with Crippen molar-refractivity contribution >= 4 is 5.78 Å². The SMILES string of the molecule is CCOc1ccccc1C(=O)CN1C2CCC1CC(O)C2. The van der Waals surface area contributed by atoms with E-state index in [1.807, 2.05) is 31.2 Å². The van der Waals surface area contributed by atoms with Crippen LogP contribution in [-0.2, 0) is 0 Å². The van der Waals surface area contributed by atoms with Gasteiger partial charge in [0.05, 0.1) is 24.8 Å². The highest BCUT2D eigenvalue weighted by atomic mass is 16.5. The van der Waals surface area contributed by atoms with E-state index in [0.29, 0.717) is 36.5 Å². The lowest BCUT2D eigenvalue weighted by molar-refractivity contribution is 0.0343. The number of hydrogen-bond acceptors (Lipinski definition) is 4. The first-order valence-corrected chi connectivity index (χ1v) is 7.88. The molecule has 2 fully saturated rings. The molecule has 4 heteroatoms. The summed E-state index contributed by atoms with van der Waals surface area (Å²) in [6, 6.07) is 8.19. The Morgan fingerprint density at radius 2 is 1.95 bits per heavy atom. The molecule has 0 spiro atoms. The number of piperidine rings is 1. The summed E-state index contributed by atoms with van der Waals surface area (Å²) in [6.45, 7) is 2.92. The Morgan fingerprint density at radius 3 is 2.62 bits per heavy atom. The van der Waals surface area contributed by atoms with Crippen molar-refractivity contribution in [3.05, 3.63) is 29.8 Å². The number of nitrogens with zero attached hydrogens (tertiary/aromatic N) is 1. The van der Waals surface area contributed by atoms with Gasteiger partial charge in [-0.15, -0.1) is 0 Å². The van der Waals surface area contributed by atoms with Crippen LogP contribution in [-0.4, -0.2) is 47.1 Å². The highest BCUT2D eigenvalue weighted by Crippen LogP contribution is 2.36. The predicted molar refractivity (Wildman–Crippen MR) is 80.7 cm³/mol. The summed E-state index contributed by atoms with van der Waals surface area (Å²) < 4.78 is 5.55. The van der Waals surface area contributed by atoms with Crippen molar-refractivity contribution in [2.75, 3.05) is 13.2 Å². The number of carbonyl (C=O) groups is 1. The summed E-state index contributed by atoms with van der Waals surface area (Å²) in [4.78, 5) is 14.9. The molecule has 0 radical (unpaired) electrons. The Bertz CT molecular complexity index is 503. The molecule has 114 valence electrons. The lowest BCUT2D eigenvalue weighted by Crippen LogP contribution is -2.46. The molecule has 0 aromatic heterocycles. The second-order valence-electron chi connectivity index (χ2n) is 6.03. The Labute approximate surface area is 125 Å². The zero-order valence-electron chi connectivity index (χ0n) is 12.5. The lowest BCUT2D eigenvalue weighted by Gasteiger charge is -2.36. The number of para-hydroxylation sites is 1. The molecule has 1 aromatic rings. The predicted octanol–water partition coefficient (Wildman–Crippen LogP) is 2.26. The summed E-state index contributed by atoms with van der Waals surface area (Å²) in [7, 11) is 0. The van der Waals surface area contributed by atoms with Crippen molar-refractivity contribution in [2.45, 2.75) is 50.8 Å². The van der Waals surface area contributed by atoms with Gasteiger partial charge in [0, 0.05) is 12.1 Å². The maximum absolute atomic E-state index is 12.6. The van der Waals surface area contributed by atoms with Gasteiger partial charge in [0.15, 0.2) is 5.78 Å². The number of ketones is 1. The van der Waals surface area contributed by atoms with Crippen LogP contribution in [0.1, 0.15) is 43.0 Å². The third-order valence-corrected chi connectivity index (χ3v) is 4.67. The van der Waals surface area contributed by atoms with E-state index in [4.69, 9.17) is 4.74 Å². The molecule has 4 nitrogen and oxygen atoms in total. The molecule has 2 atom stereocenters. The number of rotatable bonds is 5. The molecule has 2 heterocycles. The van der Waals surface area contributed by atoms with Crippen molar-refractivity contribution in [1.82, 2.24) is 4.90 Å². The van der Waals surface area contributed by atoms with Gasteiger partial charge in [-0.2, -0.15) is 0 Å². The normalized spacial score (nSPS) is 28.6. The van der Waals surface area contributed by atoms with Gasteiger partial charge < -0.3 is 9.84 Å². The van der Waals surface area contributed by atoms with Crippen LogP contribution in [0.25, 0.3) is 0 Å². The number of aliphatic hydroxyl groups excluding tert-OH is 1. The lowest BCUT2D eigenvalue weighted by atomic mass is 9.98. The number of ether oxygens (including phenoxy) is 1. The summed E-state index contributed by atoms with van der Waals surface area (Å²) in [5.41, 5.74) is 0.671. The van der Waals surface area contributed by atoms with Gasteiger partial charge in [0.1, 0.15) is 5.75 Å². The second kappa shape index (κ2) is 6.16. The van der Waals surface area contributed by atoms with E-state index in [1.54, 1.807) is 0 Å². The minimum Gasteiger partial charge on any atom is -0.493 e. The van der Waals surface area contributed by atoms with E-state index in [9.17, 15) is 9.90 Å². The van der Waals surface area contributed by atoms with Crippen LogP contribution in [0.5, 0.6) is 5.75 Å². The number of fused-ring (bicyclic) bond motifs is 2. The monoisotopic (exact) mass is 289 g/mol. The molecule has 1 N–H and O–H groups in total. The largest absolute Gasteiger partial charge is 0.493 e. The van der Waals surface area contributed by atoms with Gasteiger partial charge >= 0.3 is 0 Å². The molecule has 0 aliphatic carbocycles. The zero-order valence-corrected chi connectivity index (χ0v) is 12.5. The van der Waals surface area contributed by atoms with E-state index in [-0.39, 0.29) is 11.9 Å². The van der Waals surface area contributed by atoms with Crippen LogP contribution in [0.2, 0.25) is 0 Å². The number of hydrogen-bond donors (Lipinski definition) is 1. The minimum absolute atomic E-state index is 0.118. The van der Waals surface area contributed by atoms with Gasteiger partial charge in [0.25, 0.3) is 0 Å². The van der Waals surface area contributed by atoms with Crippen molar-refractivity contribution < 1.29 is 14.6 Å². The van der Waals surface area contributed by atoms with Crippen LogP contribution >= 0.6 is 0 Å². The number of Topliss-reactive ketones (excluding diaryl/α,β-unsaturated/α-hetero) is 1. The molecule has 2 bridgehead atoms. The molecule has 2 unspecified atom stereocenters.